The van der Waals surface area contributed by atoms with Gasteiger partial charge in [0.1, 0.15) is 0 Å². The van der Waals surface area contributed by atoms with Gasteiger partial charge in [-0.15, -0.1) is 0 Å². The Morgan fingerprint density at radius 2 is 0.969 bits per heavy atom. The number of rotatable bonds is 3. The summed E-state index contributed by atoms with van der Waals surface area (Å²) in [6.45, 7) is 0. The normalized spacial score (nSPS) is 11.4. The van der Waals surface area contributed by atoms with Gasteiger partial charge in [0.05, 0.1) is 0 Å². The predicted octanol–water partition coefficient (Wildman–Crippen LogP) is 2.87. The van der Waals surface area contributed by atoms with Crippen LogP contribution in [0.5, 0.6) is 0 Å². The van der Waals surface area contributed by atoms with Gasteiger partial charge in [-0.25, -0.2) is 0 Å². The van der Waals surface area contributed by atoms with Crippen LogP contribution in [0, 0.1) is 0 Å². The number of fused-ring (bicyclic) bond motifs is 2. The molecule has 0 aliphatic rings. The van der Waals surface area contributed by atoms with Crippen LogP contribution in [0.3, 0.4) is 0 Å². The Labute approximate surface area is 194 Å². The van der Waals surface area contributed by atoms with Crippen LogP contribution in [0.1, 0.15) is 0 Å². The van der Waals surface area contributed by atoms with Crippen molar-refractivity contribution in [1.82, 2.24) is 17.1 Å². The van der Waals surface area contributed by atoms with Gasteiger partial charge in [0.15, 0.2) is 0 Å². The first-order valence-corrected chi connectivity index (χ1v) is 13.1. The molecule has 0 bridgehead atoms. The van der Waals surface area contributed by atoms with Crippen LogP contribution in [0.4, 0.5) is 0 Å². The molecule has 0 saturated heterocycles. The molecule has 8 heteroatoms. The van der Waals surface area contributed by atoms with Crippen LogP contribution in [0.25, 0.3) is 42.1 Å². The number of hydrogen-bond donors (Lipinski definition) is 0. The molecule has 32 heavy (non-hydrogen) atoms. The van der Waals surface area contributed by atoms with Crippen LogP contribution in [0.2, 0.25) is 0 Å². The summed E-state index contributed by atoms with van der Waals surface area (Å²) >= 11 is -0.194. The summed E-state index contributed by atoms with van der Waals surface area (Å²) in [7, 11) is 0. The molecule has 0 fully saturated rings. The van der Waals surface area contributed by atoms with E-state index in [1.165, 1.54) is 0 Å². The molecule has 0 aliphatic carbocycles. The van der Waals surface area contributed by atoms with E-state index in [2.05, 4.69) is 9.97 Å². The van der Waals surface area contributed by atoms with Crippen molar-refractivity contribution < 1.29 is 0 Å². The van der Waals surface area contributed by atoms with E-state index in [-0.39, 0.29) is 40.6 Å². The molecule has 2 aromatic carbocycles. The fraction of sp³-hybridized carbons (Fsp3) is 0. The molecule has 0 amide bonds. The average molecular weight is 548 g/mol. The summed E-state index contributed by atoms with van der Waals surface area (Å²) < 4.78 is 5.65. The Hall–Kier alpha value is -3.28. The topological polar surface area (TPSA) is 69.8 Å². The fourth-order valence-corrected chi connectivity index (χ4v) is 7.66. The third-order valence-corrected chi connectivity index (χ3v) is 9.79. The zero-order valence-electron chi connectivity index (χ0n) is 16.5. The van der Waals surface area contributed by atoms with E-state index in [0.29, 0.717) is 11.0 Å². The van der Waals surface area contributed by atoms with Gasteiger partial charge in [0.2, 0.25) is 0 Å². The third-order valence-electron chi connectivity index (χ3n) is 5.23. The van der Waals surface area contributed by atoms with E-state index in [1.807, 2.05) is 79.9 Å². The van der Waals surface area contributed by atoms with Gasteiger partial charge in [-0.3, -0.25) is 0 Å². The Morgan fingerprint density at radius 3 is 1.34 bits per heavy atom. The van der Waals surface area contributed by atoms with E-state index < -0.39 is 0 Å². The molecule has 0 aliphatic heterocycles. The third kappa shape index (κ3) is 3.17. The van der Waals surface area contributed by atoms with Gasteiger partial charge >= 0.3 is 195 Å². The summed E-state index contributed by atoms with van der Waals surface area (Å²) in [5.41, 5.74) is 4.91. The monoisotopic (exact) mass is 550 g/mol. The molecule has 4 aromatic heterocycles. The number of pyridine rings is 2. The van der Waals surface area contributed by atoms with Crippen molar-refractivity contribution in [2.45, 2.75) is 0 Å². The summed E-state index contributed by atoms with van der Waals surface area (Å²) in [5.74, 6) is 0. The van der Waals surface area contributed by atoms with Gasteiger partial charge in [-0.2, -0.15) is 0 Å². The van der Waals surface area contributed by atoms with E-state index >= 15 is 0 Å². The van der Waals surface area contributed by atoms with E-state index in [0.717, 1.165) is 31.0 Å². The maximum atomic E-state index is 12.7. The summed E-state index contributed by atoms with van der Waals surface area (Å²) in [6.07, 6.45) is 3.32. The van der Waals surface area contributed by atoms with Crippen molar-refractivity contribution in [1.29, 1.82) is 0 Å². The molecule has 0 saturated carbocycles. The van der Waals surface area contributed by atoms with Gasteiger partial charge in [0, 0.05) is 0 Å². The van der Waals surface area contributed by atoms with Crippen molar-refractivity contribution >= 4 is 49.0 Å². The van der Waals surface area contributed by atoms with Gasteiger partial charge in [-0.1, -0.05) is 0 Å². The van der Waals surface area contributed by atoms with Crippen molar-refractivity contribution in [3.8, 4) is 22.5 Å². The van der Waals surface area contributed by atoms with Crippen LogP contribution < -0.4 is 11.1 Å². The molecule has 0 radical (unpaired) electrons. The number of aromatic nitrogens is 4. The molecular weight excluding hydrogens is 534 g/mol. The van der Waals surface area contributed by atoms with E-state index in [1.54, 1.807) is 12.4 Å². The van der Waals surface area contributed by atoms with Crippen molar-refractivity contribution in [2.24, 2.45) is 0 Å². The first-order chi connectivity index (χ1) is 15.7. The molecule has 6 nitrogen and oxygen atoms in total. The van der Waals surface area contributed by atoms with Crippen LogP contribution in [0.15, 0.2) is 94.8 Å². The van der Waals surface area contributed by atoms with Crippen LogP contribution in [-0.2, 0) is 0 Å². The Balaban J connectivity index is 1.33. The second-order valence-electron chi connectivity index (χ2n) is 7.18. The zero-order chi connectivity index (χ0) is 21.7. The molecule has 6 aromatic rings. The molecule has 0 spiro atoms. The quantitative estimate of drug-likeness (QED) is 0.319. The molecule has 0 N–H and O–H groups in total. The van der Waals surface area contributed by atoms with Crippen molar-refractivity contribution in [3.05, 3.63) is 106 Å². The second-order valence-corrected chi connectivity index (χ2v) is 11.3. The molecule has 6 rings (SSSR count). The van der Waals surface area contributed by atoms with Gasteiger partial charge in [0.25, 0.3) is 0 Å². The van der Waals surface area contributed by atoms with Crippen LogP contribution in [-0.4, -0.2) is 46.6 Å². The standard InChI is InChI=1S/C24H14N4O2Se2/c29-23-21-19(3-1-13-25-21)31-27(23)17-9-5-15(6-10-17)16-7-11-18(12-8-16)28-24(30)22-20(32-28)4-2-14-26-22/h1-14H. The maximum absolute atomic E-state index is 12.7. The minimum atomic E-state index is -0.0969. The SMILES string of the molecule is O=c1c2ncccc2[se]n1-c1ccc(-c2ccc(-n3[se]c4cccnc4c3=O)cc2)cc1. The first kappa shape index (κ1) is 19.4. The zero-order valence-corrected chi connectivity index (χ0v) is 19.9. The molecule has 4 heterocycles. The molecule has 0 unspecified atom stereocenters. The summed E-state index contributed by atoms with van der Waals surface area (Å²) in [4.78, 5) is 33.8. The molecule has 0 atom stereocenters. The summed E-state index contributed by atoms with van der Waals surface area (Å²) in [5, 5.41) is 0. The van der Waals surface area contributed by atoms with Crippen molar-refractivity contribution in [3.63, 3.8) is 0 Å². The van der Waals surface area contributed by atoms with Gasteiger partial charge < -0.3 is 0 Å². The number of hydrogen-bond acceptors (Lipinski definition) is 4. The molecular formula is C24H14N4O2Se2. The second kappa shape index (κ2) is 7.69. The Morgan fingerprint density at radius 1 is 0.562 bits per heavy atom. The Bertz CT molecular complexity index is 1580. The van der Waals surface area contributed by atoms with Crippen molar-refractivity contribution in [2.75, 3.05) is 0 Å². The van der Waals surface area contributed by atoms with E-state index in [9.17, 15) is 9.59 Å². The number of nitrogens with zero attached hydrogens (tertiary/aromatic N) is 4. The van der Waals surface area contributed by atoms with Gasteiger partial charge in [-0.05, 0) is 0 Å². The Kier molecular flexibility index (Phi) is 4.67. The molecule has 154 valence electrons. The first-order valence-electron chi connectivity index (χ1n) is 9.84. The van der Waals surface area contributed by atoms with E-state index in [4.69, 9.17) is 0 Å². The predicted molar refractivity (Wildman–Crippen MR) is 128 cm³/mol. The average Bonchev–Trinajstić information content (AvgIpc) is 3.37. The summed E-state index contributed by atoms with van der Waals surface area (Å²) in [6, 6.07) is 23.7. The fourth-order valence-electron chi connectivity index (χ4n) is 3.64. The number of benzene rings is 2. The van der Waals surface area contributed by atoms with Crippen LogP contribution >= 0.6 is 0 Å². The minimum absolute atomic E-state index is 0.0367.